The minimum absolute atomic E-state index is 0.0463. The number of nitrogens with two attached hydrogens (primary N) is 2. The molecule has 5 nitrogen and oxygen atoms in total. The van der Waals surface area contributed by atoms with Crippen LogP contribution >= 0.6 is 0 Å². The minimum atomic E-state index is 0.0463. The van der Waals surface area contributed by atoms with Crippen LogP contribution in [0, 0.1) is 5.92 Å². The standard InChI is InChI=1S/C23H30N5/c1-26-19-12-20(27-2)23(28-3)22(19)21(17-8-4-6-15(10-17)13-24)18-9-5-7-16(11-18)14-25/h4-12,21,26-28H,13-14,24-25H2,1-3H3. The van der Waals surface area contributed by atoms with Gasteiger partial charge >= 0.3 is 0 Å². The van der Waals surface area contributed by atoms with E-state index in [-0.39, 0.29) is 5.92 Å². The Morgan fingerprint density at radius 2 is 1.36 bits per heavy atom. The predicted octanol–water partition coefficient (Wildman–Crippen LogP) is 2.08. The number of nitrogens with one attached hydrogen (secondary N) is 3. The first kappa shape index (κ1) is 20.0. The van der Waals surface area contributed by atoms with E-state index in [1.807, 2.05) is 21.1 Å². The third kappa shape index (κ3) is 3.77. The van der Waals surface area contributed by atoms with Crippen LogP contribution in [0.1, 0.15) is 28.2 Å². The van der Waals surface area contributed by atoms with Crippen LogP contribution in [-0.2, 0) is 13.1 Å². The van der Waals surface area contributed by atoms with Crippen LogP contribution in [0.25, 0.3) is 0 Å². The Morgan fingerprint density at radius 1 is 0.786 bits per heavy atom. The lowest BCUT2D eigenvalue weighted by Gasteiger charge is -2.29. The van der Waals surface area contributed by atoms with E-state index >= 15 is 0 Å². The van der Waals surface area contributed by atoms with E-state index < -0.39 is 0 Å². The first-order chi connectivity index (χ1) is 13.7. The van der Waals surface area contributed by atoms with Gasteiger partial charge in [-0.05, 0) is 28.3 Å². The number of benzene rings is 2. The molecule has 2 aromatic rings. The lowest BCUT2D eigenvalue weighted by Crippen LogP contribution is -2.27. The Balaban J connectivity index is 2.20. The molecule has 0 saturated heterocycles. The van der Waals surface area contributed by atoms with Gasteiger partial charge in [0.1, 0.15) is 0 Å². The molecule has 0 heterocycles. The second-order valence-corrected chi connectivity index (χ2v) is 6.84. The van der Waals surface area contributed by atoms with Gasteiger partial charge in [0.2, 0.25) is 0 Å². The predicted molar refractivity (Wildman–Crippen MR) is 116 cm³/mol. The van der Waals surface area contributed by atoms with Crippen LogP contribution in [0.2, 0.25) is 0 Å². The third-order valence-corrected chi connectivity index (χ3v) is 5.24. The molecular weight excluding hydrogens is 346 g/mol. The van der Waals surface area contributed by atoms with E-state index in [1.165, 1.54) is 17.0 Å². The van der Waals surface area contributed by atoms with Crippen molar-refractivity contribution < 1.29 is 0 Å². The van der Waals surface area contributed by atoms with E-state index in [0.717, 1.165) is 28.2 Å². The van der Waals surface area contributed by atoms with Crippen LogP contribution in [0.4, 0.5) is 0 Å². The molecule has 147 valence electrons. The number of hydrogen-bond acceptors (Lipinski definition) is 5. The van der Waals surface area contributed by atoms with Crippen molar-refractivity contribution in [3.63, 3.8) is 0 Å². The summed E-state index contributed by atoms with van der Waals surface area (Å²) < 4.78 is 0. The van der Waals surface area contributed by atoms with Gasteiger partial charge in [-0.3, -0.25) is 0 Å². The molecule has 1 radical (unpaired) electrons. The van der Waals surface area contributed by atoms with Gasteiger partial charge in [-0.1, -0.05) is 48.5 Å². The first-order valence-corrected chi connectivity index (χ1v) is 9.61. The van der Waals surface area contributed by atoms with Crippen molar-refractivity contribution in [3.8, 4) is 0 Å². The first-order valence-electron chi connectivity index (χ1n) is 9.61. The van der Waals surface area contributed by atoms with Gasteiger partial charge in [0.15, 0.2) is 0 Å². The van der Waals surface area contributed by atoms with Gasteiger partial charge < -0.3 is 27.4 Å². The lowest BCUT2D eigenvalue weighted by atomic mass is 9.77. The molecule has 0 aromatic heterocycles. The van der Waals surface area contributed by atoms with Crippen molar-refractivity contribution in [2.45, 2.75) is 19.0 Å². The highest BCUT2D eigenvalue weighted by atomic mass is 15.0. The molecule has 0 atom stereocenters. The third-order valence-electron chi connectivity index (χ3n) is 5.24. The smallest absolute Gasteiger partial charge is 0.0802 e. The molecule has 2 aromatic carbocycles. The van der Waals surface area contributed by atoms with E-state index in [4.69, 9.17) is 11.5 Å². The second-order valence-electron chi connectivity index (χ2n) is 6.84. The van der Waals surface area contributed by atoms with Gasteiger partial charge in [-0.2, -0.15) is 0 Å². The van der Waals surface area contributed by atoms with Crippen LogP contribution in [-0.4, -0.2) is 21.1 Å². The quantitative estimate of drug-likeness (QED) is 0.487. The summed E-state index contributed by atoms with van der Waals surface area (Å²) in [5.74, 6) is 1.25. The van der Waals surface area contributed by atoms with Crippen LogP contribution in [0.15, 0.2) is 71.7 Å². The minimum Gasteiger partial charge on any atom is -0.391 e. The maximum Gasteiger partial charge on any atom is 0.0802 e. The van der Waals surface area contributed by atoms with Crippen molar-refractivity contribution >= 4 is 0 Å². The molecule has 0 aliphatic heterocycles. The summed E-state index contributed by atoms with van der Waals surface area (Å²) in [6.07, 6.45) is 2.15. The van der Waals surface area contributed by atoms with E-state index in [9.17, 15) is 0 Å². The Kier molecular flexibility index (Phi) is 6.39. The van der Waals surface area contributed by atoms with Gasteiger partial charge in [-0.15, -0.1) is 0 Å². The molecule has 5 heteroatoms. The molecule has 0 saturated carbocycles. The normalized spacial score (nSPS) is 14.4. The number of likely N-dealkylation sites (N-methyl/N-ethyl adjacent to an activating group) is 1. The summed E-state index contributed by atoms with van der Waals surface area (Å²) in [6.45, 7) is 1.04. The van der Waals surface area contributed by atoms with Crippen molar-refractivity contribution in [1.29, 1.82) is 0 Å². The van der Waals surface area contributed by atoms with Gasteiger partial charge in [0.25, 0.3) is 0 Å². The molecule has 7 N–H and O–H groups in total. The maximum atomic E-state index is 5.93. The van der Waals surface area contributed by atoms with Gasteiger partial charge in [-0.25, -0.2) is 0 Å². The molecule has 0 amide bonds. The van der Waals surface area contributed by atoms with Crippen molar-refractivity contribution in [2.24, 2.45) is 11.5 Å². The number of allylic oxidation sites excluding steroid dienone is 1. The van der Waals surface area contributed by atoms with E-state index in [2.05, 4.69) is 70.6 Å². The second kappa shape index (κ2) is 8.95. The van der Waals surface area contributed by atoms with Crippen LogP contribution in [0.3, 0.4) is 0 Å². The highest BCUT2D eigenvalue weighted by Gasteiger charge is 2.36. The Morgan fingerprint density at radius 3 is 1.79 bits per heavy atom. The summed E-state index contributed by atoms with van der Waals surface area (Å²) in [7, 11) is 5.86. The molecule has 28 heavy (non-hydrogen) atoms. The maximum absolute atomic E-state index is 5.93. The largest absolute Gasteiger partial charge is 0.391 e. The zero-order valence-corrected chi connectivity index (χ0v) is 16.8. The molecule has 3 rings (SSSR count). The fourth-order valence-electron chi connectivity index (χ4n) is 3.87. The fraction of sp³-hybridized carbons (Fsp3) is 0.261. The van der Waals surface area contributed by atoms with Crippen LogP contribution in [0.5, 0.6) is 0 Å². The molecule has 0 spiro atoms. The molecule has 1 aliphatic rings. The molecule has 0 unspecified atom stereocenters. The van der Waals surface area contributed by atoms with Crippen molar-refractivity contribution in [3.05, 3.63) is 99.9 Å². The summed E-state index contributed by atoms with van der Waals surface area (Å²) in [5, 5.41) is 10.1. The Bertz CT molecular complexity index is 837. The zero-order valence-electron chi connectivity index (χ0n) is 16.8. The summed E-state index contributed by atoms with van der Waals surface area (Å²) in [5.41, 5.74) is 19.8. The van der Waals surface area contributed by atoms with Crippen LogP contribution < -0.4 is 27.4 Å². The van der Waals surface area contributed by atoms with Gasteiger partial charge in [0.05, 0.1) is 11.6 Å². The number of hydrogen-bond donors (Lipinski definition) is 5. The topological polar surface area (TPSA) is 88.1 Å². The van der Waals surface area contributed by atoms with E-state index in [0.29, 0.717) is 13.1 Å². The monoisotopic (exact) mass is 376 g/mol. The zero-order chi connectivity index (χ0) is 20.1. The molecule has 0 fully saturated rings. The lowest BCUT2D eigenvalue weighted by molar-refractivity contribution is 0.762. The fourth-order valence-corrected chi connectivity index (χ4v) is 3.87. The Hall–Kier alpha value is -2.76. The summed E-state index contributed by atoms with van der Waals surface area (Å²) >= 11 is 0. The average Bonchev–Trinajstić information content (AvgIpc) is 3.11. The highest BCUT2D eigenvalue weighted by molar-refractivity contribution is 5.60. The van der Waals surface area contributed by atoms with Gasteiger partial charge in [0, 0.05) is 51.5 Å². The van der Waals surface area contributed by atoms with Crippen molar-refractivity contribution in [1.82, 2.24) is 16.0 Å². The molecular formula is C23H30N5. The summed E-state index contributed by atoms with van der Waals surface area (Å²) in [6, 6.07) is 17.0. The molecule has 0 bridgehead atoms. The average molecular weight is 377 g/mol. The molecule has 1 aliphatic carbocycles. The van der Waals surface area contributed by atoms with E-state index in [1.54, 1.807) is 0 Å². The Labute approximate surface area is 167 Å². The SMILES string of the molecule is CNC1=CC(NC)=C(NC)[C]1C(c1cccc(CN)c1)c1cccc(CN)c1. The summed E-state index contributed by atoms with van der Waals surface area (Å²) in [4.78, 5) is 0. The van der Waals surface area contributed by atoms with Crippen molar-refractivity contribution in [2.75, 3.05) is 21.1 Å². The highest BCUT2D eigenvalue weighted by Crippen LogP contribution is 2.44. The number of rotatable bonds is 8.